The Hall–Kier alpha value is -0.100. The van der Waals surface area contributed by atoms with Gasteiger partial charge in [-0.25, -0.2) is 4.79 Å². The van der Waals surface area contributed by atoms with E-state index in [0.29, 0.717) is 5.03 Å². The Bertz CT molecular complexity index is 416. The molecule has 0 saturated heterocycles. The molecule has 2 unspecified atom stereocenters. The minimum absolute atomic E-state index is 0.139. The Morgan fingerprint density at radius 3 is 2.47 bits per heavy atom. The summed E-state index contributed by atoms with van der Waals surface area (Å²) >= 11 is 19.1. The first-order valence-electron chi connectivity index (χ1n) is 5.49. The number of hydrogen-bond donors (Lipinski definition) is 1. The van der Waals surface area contributed by atoms with Crippen molar-refractivity contribution in [2.45, 2.75) is 29.5 Å². The van der Waals surface area contributed by atoms with Gasteiger partial charge in [0.05, 0.1) is 7.11 Å². The maximum absolute atomic E-state index is 12.2. The van der Waals surface area contributed by atoms with Crippen LogP contribution in [0.15, 0.2) is 10.4 Å². The topological polar surface area (TPSA) is 55.4 Å². The fourth-order valence-electron chi connectivity index (χ4n) is 1.47. The summed E-state index contributed by atoms with van der Waals surface area (Å²) in [6, 6.07) is -0.781. The molecule has 0 saturated carbocycles. The average Bonchev–Trinajstić information content (AvgIpc) is 2.63. The van der Waals surface area contributed by atoms with Crippen molar-refractivity contribution in [3.63, 3.8) is 0 Å². The molecule has 1 rings (SSSR count). The molecule has 1 aliphatic heterocycles. The standard InChI is InChI=1S/C11H14Cl3NO3S/c1-5(2)7(9(16)18-3)15-10(17)11(14)8(13)6(12)4-19-11/h4-5,7-8H,1-3H3,(H,15,17)/t7-,8?,11?/m0/s1. The quantitative estimate of drug-likeness (QED) is 0.628. The molecule has 3 atom stereocenters. The lowest BCUT2D eigenvalue weighted by molar-refractivity contribution is -0.146. The van der Waals surface area contributed by atoms with Crippen LogP contribution in [0.25, 0.3) is 0 Å². The van der Waals surface area contributed by atoms with E-state index >= 15 is 0 Å². The lowest BCUT2D eigenvalue weighted by Crippen LogP contribution is -2.52. The van der Waals surface area contributed by atoms with Gasteiger partial charge in [-0.3, -0.25) is 4.79 Å². The normalized spacial score (nSPS) is 27.9. The first-order valence-corrected chi connectivity index (χ1v) is 7.56. The van der Waals surface area contributed by atoms with Gasteiger partial charge in [-0.2, -0.15) is 0 Å². The molecule has 0 aromatic rings. The molecule has 1 heterocycles. The molecule has 0 radical (unpaired) electrons. The third-order valence-electron chi connectivity index (χ3n) is 2.63. The van der Waals surface area contributed by atoms with E-state index in [9.17, 15) is 9.59 Å². The number of amides is 1. The third kappa shape index (κ3) is 3.51. The maximum atomic E-state index is 12.2. The minimum Gasteiger partial charge on any atom is -0.467 e. The van der Waals surface area contributed by atoms with Gasteiger partial charge < -0.3 is 10.1 Å². The Morgan fingerprint density at radius 2 is 2.11 bits per heavy atom. The highest BCUT2D eigenvalue weighted by Gasteiger charge is 2.50. The number of methoxy groups -OCH3 is 1. The summed E-state index contributed by atoms with van der Waals surface area (Å²) in [6.07, 6.45) is 0. The van der Waals surface area contributed by atoms with Crippen LogP contribution in [-0.2, 0) is 14.3 Å². The summed E-state index contributed by atoms with van der Waals surface area (Å²) in [4.78, 5) is 23.8. The van der Waals surface area contributed by atoms with E-state index in [2.05, 4.69) is 10.1 Å². The monoisotopic (exact) mass is 345 g/mol. The lowest BCUT2D eigenvalue weighted by Gasteiger charge is -2.27. The smallest absolute Gasteiger partial charge is 0.328 e. The molecule has 108 valence electrons. The van der Waals surface area contributed by atoms with Gasteiger partial charge in [0.15, 0.2) is 4.21 Å². The SMILES string of the molecule is COC(=O)[C@@H](NC(=O)C1(Cl)SC=C(Cl)C1Cl)C(C)C. The van der Waals surface area contributed by atoms with Crippen molar-refractivity contribution < 1.29 is 14.3 Å². The maximum Gasteiger partial charge on any atom is 0.328 e. The zero-order valence-electron chi connectivity index (χ0n) is 10.6. The summed E-state index contributed by atoms with van der Waals surface area (Å²) < 4.78 is 3.20. The summed E-state index contributed by atoms with van der Waals surface area (Å²) in [5, 5.41) is 3.54. The van der Waals surface area contributed by atoms with Crippen LogP contribution in [0.5, 0.6) is 0 Å². The van der Waals surface area contributed by atoms with E-state index in [1.54, 1.807) is 13.8 Å². The number of esters is 1. The second kappa shape index (κ2) is 6.57. The molecule has 1 N–H and O–H groups in total. The minimum atomic E-state index is -1.44. The molecule has 8 heteroatoms. The van der Waals surface area contributed by atoms with Crippen molar-refractivity contribution in [3.05, 3.63) is 10.4 Å². The molecule has 1 amide bonds. The van der Waals surface area contributed by atoms with Gasteiger partial charge in [0.25, 0.3) is 5.91 Å². The number of carbonyl (C=O) groups excluding carboxylic acids is 2. The van der Waals surface area contributed by atoms with Crippen molar-refractivity contribution in [2.24, 2.45) is 5.92 Å². The van der Waals surface area contributed by atoms with Gasteiger partial charge in [-0.15, -0.1) is 11.6 Å². The van der Waals surface area contributed by atoms with Gasteiger partial charge in [0.1, 0.15) is 11.4 Å². The molecular formula is C11H14Cl3NO3S. The molecule has 0 fully saturated rings. The van der Waals surface area contributed by atoms with Crippen LogP contribution < -0.4 is 5.32 Å². The number of alkyl halides is 2. The molecule has 0 bridgehead atoms. The zero-order chi connectivity index (χ0) is 14.8. The highest BCUT2D eigenvalue weighted by molar-refractivity contribution is 8.06. The van der Waals surface area contributed by atoms with E-state index < -0.39 is 27.5 Å². The third-order valence-corrected chi connectivity index (χ3v) is 5.79. The fourth-order valence-corrected chi connectivity index (χ4v) is 3.42. The van der Waals surface area contributed by atoms with E-state index in [1.165, 1.54) is 12.5 Å². The van der Waals surface area contributed by atoms with Gasteiger partial charge in [-0.05, 0) is 11.3 Å². The van der Waals surface area contributed by atoms with Crippen LogP contribution in [0, 0.1) is 5.92 Å². The molecule has 4 nitrogen and oxygen atoms in total. The molecule has 0 aromatic carbocycles. The van der Waals surface area contributed by atoms with E-state index in [4.69, 9.17) is 34.8 Å². The Labute approximate surface area is 131 Å². The average molecular weight is 347 g/mol. The van der Waals surface area contributed by atoms with Gasteiger partial charge >= 0.3 is 5.97 Å². The first-order chi connectivity index (χ1) is 8.74. The number of hydrogen-bond acceptors (Lipinski definition) is 4. The van der Waals surface area contributed by atoms with Crippen molar-refractivity contribution >= 4 is 58.4 Å². The molecule has 0 aliphatic carbocycles. The zero-order valence-corrected chi connectivity index (χ0v) is 13.7. The van der Waals surface area contributed by atoms with E-state index in [1.807, 2.05) is 0 Å². The van der Waals surface area contributed by atoms with E-state index in [0.717, 1.165) is 11.8 Å². The van der Waals surface area contributed by atoms with Gasteiger partial charge in [0, 0.05) is 5.03 Å². The second-order valence-corrected chi connectivity index (χ2v) is 7.15. The number of rotatable bonds is 4. The fraction of sp³-hybridized carbons (Fsp3) is 0.636. The van der Waals surface area contributed by atoms with Crippen LogP contribution >= 0.6 is 46.6 Å². The predicted octanol–water partition coefficient (Wildman–Crippen LogP) is 2.67. The number of allylic oxidation sites excluding steroid dienone is 1. The summed E-state index contributed by atoms with van der Waals surface area (Å²) in [6.45, 7) is 3.57. The van der Waals surface area contributed by atoms with Crippen LogP contribution in [0.2, 0.25) is 0 Å². The first kappa shape index (κ1) is 17.0. The molecule has 1 aliphatic rings. The lowest BCUT2D eigenvalue weighted by atomic mass is 10.0. The Morgan fingerprint density at radius 1 is 1.53 bits per heavy atom. The Kier molecular flexibility index (Phi) is 5.86. The summed E-state index contributed by atoms with van der Waals surface area (Å²) in [7, 11) is 1.26. The van der Waals surface area contributed by atoms with Crippen LogP contribution in [0.4, 0.5) is 0 Å². The summed E-state index contributed by atoms with van der Waals surface area (Å²) in [5.74, 6) is -1.23. The largest absolute Gasteiger partial charge is 0.467 e. The van der Waals surface area contributed by atoms with Crippen molar-refractivity contribution in [3.8, 4) is 0 Å². The number of carbonyl (C=O) groups is 2. The van der Waals surface area contributed by atoms with Crippen molar-refractivity contribution in [1.82, 2.24) is 5.32 Å². The number of thioether (sulfide) groups is 1. The van der Waals surface area contributed by atoms with Crippen molar-refractivity contribution in [1.29, 1.82) is 0 Å². The predicted molar refractivity (Wildman–Crippen MR) is 78.5 cm³/mol. The number of halogens is 3. The second-order valence-electron chi connectivity index (χ2n) is 4.35. The highest BCUT2D eigenvalue weighted by atomic mass is 35.5. The van der Waals surface area contributed by atoms with Crippen LogP contribution in [0.1, 0.15) is 13.8 Å². The number of nitrogens with one attached hydrogen (secondary N) is 1. The van der Waals surface area contributed by atoms with Crippen LogP contribution in [0.3, 0.4) is 0 Å². The van der Waals surface area contributed by atoms with Crippen LogP contribution in [-0.4, -0.2) is 34.6 Å². The highest BCUT2D eigenvalue weighted by Crippen LogP contribution is 2.48. The number of ether oxygens (including phenoxy) is 1. The Balaban J connectivity index is 2.81. The van der Waals surface area contributed by atoms with Gasteiger partial charge in [0.2, 0.25) is 0 Å². The molecular weight excluding hydrogens is 333 g/mol. The van der Waals surface area contributed by atoms with E-state index in [-0.39, 0.29) is 5.92 Å². The van der Waals surface area contributed by atoms with Gasteiger partial charge in [-0.1, -0.05) is 48.8 Å². The molecule has 0 aromatic heterocycles. The molecule has 19 heavy (non-hydrogen) atoms. The summed E-state index contributed by atoms with van der Waals surface area (Å²) in [5.41, 5.74) is 0. The van der Waals surface area contributed by atoms with Crippen molar-refractivity contribution in [2.75, 3.05) is 7.11 Å². The molecule has 0 spiro atoms.